The number of rotatable bonds is 7. The first kappa shape index (κ1) is 19.5. The summed E-state index contributed by atoms with van der Waals surface area (Å²) in [7, 11) is -2.14. The first-order chi connectivity index (χ1) is 11.0. The van der Waals surface area contributed by atoms with Crippen LogP contribution in [0.3, 0.4) is 0 Å². The van der Waals surface area contributed by atoms with E-state index in [4.69, 9.17) is 8.85 Å². The lowest BCUT2D eigenvalue weighted by molar-refractivity contribution is 0.125. The number of hydrogen-bond acceptors (Lipinski definition) is 2. The molecule has 0 saturated heterocycles. The molecule has 2 rings (SSSR count). The van der Waals surface area contributed by atoms with Crippen LogP contribution < -0.4 is 0 Å². The van der Waals surface area contributed by atoms with E-state index in [1.54, 1.807) is 0 Å². The Bertz CT molecular complexity index is 339. The lowest BCUT2D eigenvalue weighted by Gasteiger charge is -2.48. The summed E-state index contributed by atoms with van der Waals surface area (Å²) in [5.41, 5.74) is 1.43. The van der Waals surface area contributed by atoms with Crippen LogP contribution in [0.4, 0.5) is 0 Å². The highest BCUT2D eigenvalue weighted by molar-refractivity contribution is 6.70. The normalized spacial score (nSPS) is 38.2. The summed E-state index contributed by atoms with van der Waals surface area (Å²) in [6, 6.07) is 0. The van der Waals surface area contributed by atoms with Crippen molar-refractivity contribution in [1.82, 2.24) is 0 Å². The summed E-state index contributed by atoms with van der Waals surface area (Å²) in [4.78, 5) is 0. The van der Waals surface area contributed by atoms with E-state index in [1.165, 1.54) is 44.9 Å². The summed E-state index contributed by atoms with van der Waals surface area (Å²) < 4.78 is 13.4. The van der Waals surface area contributed by atoms with Crippen molar-refractivity contribution < 1.29 is 8.85 Å². The van der Waals surface area contributed by atoms with E-state index in [1.807, 2.05) is 0 Å². The molecule has 2 aliphatic carbocycles. The number of hydrogen-bond donors (Lipinski definition) is 0. The van der Waals surface area contributed by atoms with E-state index in [-0.39, 0.29) is 0 Å². The third kappa shape index (κ3) is 4.82. The van der Waals surface area contributed by atoms with E-state index in [2.05, 4.69) is 34.6 Å². The van der Waals surface area contributed by atoms with E-state index in [0.717, 1.165) is 42.9 Å². The molecule has 2 aliphatic rings. The van der Waals surface area contributed by atoms with Crippen molar-refractivity contribution in [3.63, 3.8) is 0 Å². The average molecular weight is 341 g/mol. The Balaban J connectivity index is 2.26. The van der Waals surface area contributed by atoms with E-state index < -0.39 is 8.56 Å². The maximum Gasteiger partial charge on any atom is 0.344 e. The SMILES string of the molecule is CCCO[Si](OCC)(C1CCCC(C)C1)C1CC(C)CC(C)C1. The lowest BCUT2D eigenvalue weighted by Crippen LogP contribution is -2.54. The molecule has 0 radical (unpaired) electrons. The summed E-state index contributed by atoms with van der Waals surface area (Å²) in [5.74, 6) is 2.52. The summed E-state index contributed by atoms with van der Waals surface area (Å²) >= 11 is 0. The molecule has 136 valence electrons. The largest absolute Gasteiger partial charge is 0.394 e. The fraction of sp³-hybridized carbons (Fsp3) is 1.00. The Labute approximate surface area is 146 Å². The molecule has 0 aromatic carbocycles. The van der Waals surface area contributed by atoms with Crippen molar-refractivity contribution in [1.29, 1.82) is 0 Å². The Morgan fingerprint density at radius 3 is 2.00 bits per heavy atom. The summed E-state index contributed by atoms with van der Waals surface area (Å²) in [5, 5.41) is 0. The Morgan fingerprint density at radius 2 is 1.43 bits per heavy atom. The van der Waals surface area contributed by atoms with Gasteiger partial charge in [0.25, 0.3) is 0 Å². The summed E-state index contributed by atoms with van der Waals surface area (Å²) in [6.07, 6.45) is 10.6. The Hall–Kier alpha value is 0.137. The molecule has 23 heavy (non-hydrogen) atoms. The van der Waals surface area contributed by atoms with Gasteiger partial charge in [0.15, 0.2) is 0 Å². The minimum absolute atomic E-state index is 0.711. The lowest BCUT2D eigenvalue weighted by atomic mass is 9.83. The predicted octanol–water partition coefficient (Wildman–Crippen LogP) is 6.30. The molecular formula is C20H40O2Si. The zero-order valence-electron chi connectivity index (χ0n) is 16.3. The fourth-order valence-corrected chi connectivity index (χ4v) is 10.9. The monoisotopic (exact) mass is 340 g/mol. The standard InChI is InChI=1S/C20H40O2Si/c1-6-11-22-23(21-7-2,19-10-8-9-16(3)13-19)20-14-17(4)12-18(5)15-20/h16-20H,6-15H2,1-5H3. The van der Waals surface area contributed by atoms with Crippen LogP contribution in [0.1, 0.15) is 86.0 Å². The molecule has 0 spiro atoms. The van der Waals surface area contributed by atoms with Crippen molar-refractivity contribution in [3.05, 3.63) is 0 Å². The molecule has 0 aromatic rings. The quantitative estimate of drug-likeness (QED) is 0.506. The van der Waals surface area contributed by atoms with Crippen LogP contribution in [-0.2, 0) is 8.85 Å². The fourth-order valence-electron chi connectivity index (χ4n) is 5.41. The van der Waals surface area contributed by atoms with Gasteiger partial charge in [-0.15, -0.1) is 0 Å². The first-order valence-corrected chi connectivity index (χ1v) is 12.3. The summed E-state index contributed by atoms with van der Waals surface area (Å²) in [6.45, 7) is 13.5. The maximum atomic E-state index is 6.76. The van der Waals surface area contributed by atoms with Gasteiger partial charge in [-0.1, -0.05) is 40.5 Å². The third-order valence-electron chi connectivity index (χ3n) is 6.15. The molecular weight excluding hydrogens is 300 g/mol. The van der Waals surface area contributed by atoms with Gasteiger partial charge in [0, 0.05) is 24.3 Å². The molecule has 3 heteroatoms. The molecule has 0 bridgehead atoms. The highest BCUT2D eigenvalue weighted by atomic mass is 28.4. The zero-order chi connectivity index (χ0) is 16.9. The molecule has 0 aromatic heterocycles. The molecule has 0 amide bonds. The van der Waals surface area contributed by atoms with Crippen molar-refractivity contribution in [2.75, 3.05) is 13.2 Å². The van der Waals surface area contributed by atoms with Crippen LogP contribution >= 0.6 is 0 Å². The van der Waals surface area contributed by atoms with Gasteiger partial charge in [-0.3, -0.25) is 0 Å². The molecule has 0 N–H and O–H groups in total. The van der Waals surface area contributed by atoms with Crippen LogP contribution in [0, 0.1) is 17.8 Å². The van der Waals surface area contributed by atoms with E-state index >= 15 is 0 Å². The molecule has 5 atom stereocenters. The second-order valence-corrected chi connectivity index (χ2v) is 12.2. The van der Waals surface area contributed by atoms with Crippen molar-refractivity contribution >= 4 is 8.56 Å². The van der Waals surface area contributed by atoms with Crippen LogP contribution in [0.5, 0.6) is 0 Å². The van der Waals surface area contributed by atoms with Gasteiger partial charge in [0.05, 0.1) is 0 Å². The zero-order valence-corrected chi connectivity index (χ0v) is 17.3. The van der Waals surface area contributed by atoms with Crippen LogP contribution in [0.15, 0.2) is 0 Å². The van der Waals surface area contributed by atoms with Crippen molar-refractivity contribution in [2.45, 2.75) is 97.1 Å². The van der Waals surface area contributed by atoms with Crippen molar-refractivity contribution in [3.8, 4) is 0 Å². The van der Waals surface area contributed by atoms with Crippen LogP contribution in [0.25, 0.3) is 0 Å². The second-order valence-electron chi connectivity index (χ2n) is 8.59. The van der Waals surface area contributed by atoms with Gasteiger partial charge in [-0.25, -0.2) is 0 Å². The second kappa shape index (κ2) is 9.01. The van der Waals surface area contributed by atoms with E-state index in [0.29, 0.717) is 5.54 Å². The average Bonchev–Trinajstić information content (AvgIpc) is 2.50. The van der Waals surface area contributed by atoms with Gasteiger partial charge in [0.2, 0.25) is 0 Å². The van der Waals surface area contributed by atoms with Gasteiger partial charge in [-0.05, 0) is 63.2 Å². The van der Waals surface area contributed by atoms with Gasteiger partial charge >= 0.3 is 8.56 Å². The topological polar surface area (TPSA) is 18.5 Å². The highest BCUT2D eigenvalue weighted by Crippen LogP contribution is 2.52. The maximum absolute atomic E-state index is 6.76. The molecule has 0 aliphatic heterocycles. The molecule has 5 unspecified atom stereocenters. The molecule has 2 fully saturated rings. The molecule has 2 saturated carbocycles. The predicted molar refractivity (Wildman–Crippen MR) is 101 cm³/mol. The molecule has 2 nitrogen and oxygen atoms in total. The Kier molecular flexibility index (Phi) is 7.62. The third-order valence-corrected chi connectivity index (χ3v) is 10.8. The first-order valence-electron chi connectivity index (χ1n) is 10.3. The van der Waals surface area contributed by atoms with Crippen LogP contribution in [0.2, 0.25) is 11.1 Å². The van der Waals surface area contributed by atoms with E-state index in [9.17, 15) is 0 Å². The van der Waals surface area contributed by atoms with Gasteiger partial charge in [0.1, 0.15) is 0 Å². The molecule has 0 heterocycles. The Morgan fingerprint density at radius 1 is 0.783 bits per heavy atom. The minimum atomic E-state index is -2.14. The minimum Gasteiger partial charge on any atom is -0.394 e. The smallest absolute Gasteiger partial charge is 0.344 e. The van der Waals surface area contributed by atoms with Crippen LogP contribution in [-0.4, -0.2) is 21.8 Å². The van der Waals surface area contributed by atoms with Crippen molar-refractivity contribution in [2.24, 2.45) is 17.8 Å². The van der Waals surface area contributed by atoms with Gasteiger partial charge in [-0.2, -0.15) is 0 Å². The van der Waals surface area contributed by atoms with Gasteiger partial charge < -0.3 is 8.85 Å². The highest BCUT2D eigenvalue weighted by Gasteiger charge is 2.54.